The minimum Gasteiger partial charge on any atom is -0.493 e. The molecule has 1 aliphatic carbocycles. The van der Waals surface area contributed by atoms with Crippen molar-refractivity contribution in [2.45, 2.75) is 56.7 Å². The van der Waals surface area contributed by atoms with Gasteiger partial charge in [0.05, 0.1) is 23.5 Å². The molecule has 3 unspecified atom stereocenters. The summed E-state index contributed by atoms with van der Waals surface area (Å²) in [5.41, 5.74) is 0.641. The largest absolute Gasteiger partial charge is 0.493 e. The van der Waals surface area contributed by atoms with E-state index in [1.165, 1.54) is 12.1 Å². The lowest BCUT2D eigenvalue weighted by atomic mass is 9.68. The Morgan fingerprint density at radius 2 is 1.94 bits per heavy atom. The zero-order valence-electron chi connectivity index (χ0n) is 17.6. The fourth-order valence-electron chi connectivity index (χ4n) is 5.27. The number of alkyl halides is 3. The number of hydrogen-bond donors (Lipinski definition) is 1. The number of nitrogens with zero attached hydrogens (tertiary/aromatic N) is 2. The molecule has 4 nitrogen and oxygen atoms in total. The topological polar surface area (TPSA) is 47.3 Å². The van der Waals surface area contributed by atoms with E-state index in [1.54, 1.807) is 16.8 Å². The Morgan fingerprint density at radius 3 is 2.62 bits per heavy atom. The third-order valence-corrected chi connectivity index (χ3v) is 7.01. The summed E-state index contributed by atoms with van der Waals surface area (Å²) >= 11 is 0. The van der Waals surface area contributed by atoms with E-state index in [2.05, 4.69) is 0 Å². The van der Waals surface area contributed by atoms with Crippen molar-refractivity contribution in [2.75, 3.05) is 6.61 Å². The highest BCUT2D eigenvalue weighted by atomic mass is 19.4. The first-order chi connectivity index (χ1) is 15.2. The van der Waals surface area contributed by atoms with Crippen LogP contribution in [0.2, 0.25) is 0 Å². The molecule has 170 valence electrons. The van der Waals surface area contributed by atoms with Crippen LogP contribution in [0, 0.1) is 11.7 Å². The molecule has 0 bridgehead atoms. The molecule has 8 heteroatoms. The summed E-state index contributed by atoms with van der Waals surface area (Å²) in [5, 5.41) is 15.9. The van der Waals surface area contributed by atoms with Crippen molar-refractivity contribution in [1.29, 1.82) is 0 Å². The van der Waals surface area contributed by atoms with Gasteiger partial charge >= 0.3 is 6.18 Å². The van der Waals surface area contributed by atoms with E-state index in [0.29, 0.717) is 25.2 Å². The van der Waals surface area contributed by atoms with Crippen LogP contribution in [0.3, 0.4) is 0 Å². The quantitative estimate of drug-likeness (QED) is 0.513. The summed E-state index contributed by atoms with van der Waals surface area (Å²) in [4.78, 5) is 0. The summed E-state index contributed by atoms with van der Waals surface area (Å²) in [6.45, 7) is 2.28. The number of aliphatic hydroxyl groups is 1. The van der Waals surface area contributed by atoms with Gasteiger partial charge in [-0.2, -0.15) is 18.3 Å². The molecule has 3 aromatic rings. The van der Waals surface area contributed by atoms with Crippen LogP contribution >= 0.6 is 0 Å². The van der Waals surface area contributed by atoms with Crippen molar-refractivity contribution < 1.29 is 27.4 Å². The molecule has 3 atom stereocenters. The molecular formula is C24H24F4N2O2. The Hall–Kier alpha value is -2.61. The van der Waals surface area contributed by atoms with Gasteiger partial charge in [-0.05, 0) is 79.8 Å². The molecule has 1 saturated carbocycles. The van der Waals surface area contributed by atoms with Crippen molar-refractivity contribution in [2.24, 2.45) is 5.92 Å². The maximum atomic E-state index is 13.5. The molecule has 1 fully saturated rings. The Kier molecular flexibility index (Phi) is 4.96. The number of hydrogen-bond acceptors (Lipinski definition) is 3. The van der Waals surface area contributed by atoms with E-state index in [1.807, 2.05) is 19.1 Å². The molecule has 0 spiro atoms. The first-order valence-corrected chi connectivity index (χ1v) is 10.9. The van der Waals surface area contributed by atoms with Gasteiger partial charge in [-0.1, -0.05) is 6.92 Å². The van der Waals surface area contributed by atoms with Crippen LogP contribution in [-0.2, 0) is 6.42 Å². The van der Waals surface area contributed by atoms with Crippen LogP contribution in [-0.4, -0.2) is 33.3 Å². The average Bonchev–Trinajstić information content (AvgIpc) is 3.01. The lowest BCUT2D eigenvalue weighted by Gasteiger charge is -2.41. The van der Waals surface area contributed by atoms with E-state index < -0.39 is 11.8 Å². The van der Waals surface area contributed by atoms with Gasteiger partial charge in [0.2, 0.25) is 0 Å². The van der Waals surface area contributed by atoms with Gasteiger partial charge in [-0.25, -0.2) is 9.07 Å². The van der Waals surface area contributed by atoms with Gasteiger partial charge in [-0.3, -0.25) is 0 Å². The van der Waals surface area contributed by atoms with Gasteiger partial charge in [0.1, 0.15) is 11.6 Å². The van der Waals surface area contributed by atoms with Crippen molar-refractivity contribution >= 4 is 10.9 Å². The molecule has 1 aromatic heterocycles. The van der Waals surface area contributed by atoms with Crippen LogP contribution in [0.15, 0.2) is 36.4 Å². The highest BCUT2D eigenvalue weighted by molar-refractivity contribution is 5.86. The van der Waals surface area contributed by atoms with Gasteiger partial charge in [-0.15, -0.1) is 0 Å². The normalized spacial score (nSPS) is 25.7. The van der Waals surface area contributed by atoms with Crippen LogP contribution in [0.5, 0.6) is 5.75 Å². The Balaban J connectivity index is 1.60. The molecule has 2 aliphatic rings. The fraction of sp³-hybridized carbons (Fsp3) is 0.458. The van der Waals surface area contributed by atoms with E-state index in [-0.39, 0.29) is 36.9 Å². The maximum absolute atomic E-state index is 13.5. The monoisotopic (exact) mass is 448 g/mol. The van der Waals surface area contributed by atoms with E-state index in [4.69, 9.17) is 9.84 Å². The highest BCUT2D eigenvalue weighted by Crippen LogP contribution is 2.52. The number of benzene rings is 2. The Labute approximate surface area is 182 Å². The number of rotatable bonds is 2. The van der Waals surface area contributed by atoms with E-state index in [9.17, 15) is 22.7 Å². The second-order valence-electron chi connectivity index (χ2n) is 8.87. The molecule has 0 amide bonds. The van der Waals surface area contributed by atoms with Gasteiger partial charge in [0, 0.05) is 11.5 Å². The van der Waals surface area contributed by atoms with Crippen molar-refractivity contribution in [1.82, 2.24) is 9.78 Å². The minimum atomic E-state index is -4.64. The third-order valence-electron chi connectivity index (χ3n) is 7.01. The zero-order valence-corrected chi connectivity index (χ0v) is 17.6. The molecule has 1 aliphatic heterocycles. The smallest absolute Gasteiger partial charge is 0.417 e. The van der Waals surface area contributed by atoms with Crippen molar-refractivity contribution in [3.8, 4) is 11.4 Å². The summed E-state index contributed by atoms with van der Waals surface area (Å²) < 4.78 is 61.5. The average molecular weight is 448 g/mol. The number of fused-ring (bicyclic) bond motifs is 4. The molecule has 0 saturated heterocycles. The summed E-state index contributed by atoms with van der Waals surface area (Å²) in [5.74, 6) is -0.113. The zero-order chi connectivity index (χ0) is 22.7. The molecule has 0 radical (unpaired) electrons. The highest BCUT2D eigenvalue weighted by Gasteiger charge is 2.57. The molecular weight excluding hydrogens is 424 g/mol. The lowest BCUT2D eigenvalue weighted by molar-refractivity contribution is -0.275. The summed E-state index contributed by atoms with van der Waals surface area (Å²) in [7, 11) is 0. The molecule has 2 heterocycles. The Morgan fingerprint density at radius 1 is 1.19 bits per heavy atom. The predicted molar refractivity (Wildman–Crippen MR) is 112 cm³/mol. The van der Waals surface area contributed by atoms with Gasteiger partial charge in [0.25, 0.3) is 0 Å². The fourth-order valence-corrected chi connectivity index (χ4v) is 5.27. The standard InChI is InChI=1S/C24H24F4N2O2/c1-2-20-19-11-18-17-7-9-23(31,24(26,27)28)13-14(17)8-10-32-22(18)12-21(19)30(29-20)16-5-3-15(25)4-6-16/h3-6,11-12,14,17,31H,2,7-10,13H2,1H3. The van der Waals surface area contributed by atoms with Crippen LogP contribution in [0.4, 0.5) is 17.6 Å². The molecule has 2 aromatic carbocycles. The van der Waals surface area contributed by atoms with E-state index >= 15 is 0 Å². The summed E-state index contributed by atoms with van der Waals surface area (Å²) in [6, 6.07) is 9.96. The summed E-state index contributed by atoms with van der Waals surface area (Å²) in [6.07, 6.45) is -3.88. The van der Waals surface area contributed by atoms with Crippen molar-refractivity contribution in [3.63, 3.8) is 0 Å². The first kappa shape index (κ1) is 21.2. The number of ether oxygens (including phenoxy) is 1. The van der Waals surface area contributed by atoms with Gasteiger partial charge < -0.3 is 9.84 Å². The Bertz CT molecular complexity index is 1160. The number of aryl methyl sites for hydroxylation is 1. The van der Waals surface area contributed by atoms with Crippen LogP contribution in [0.25, 0.3) is 16.6 Å². The first-order valence-electron chi connectivity index (χ1n) is 10.9. The third kappa shape index (κ3) is 3.36. The van der Waals surface area contributed by atoms with E-state index in [0.717, 1.165) is 27.8 Å². The lowest BCUT2D eigenvalue weighted by Crippen LogP contribution is -2.50. The maximum Gasteiger partial charge on any atom is 0.417 e. The minimum absolute atomic E-state index is 0.113. The second kappa shape index (κ2) is 7.47. The molecule has 1 N–H and O–H groups in total. The SMILES string of the molecule is CCc1nn(-c2ccc(F)cc2)c2cc3c(cc12)C1CCC(O)(C(F)(F)F)CC1CCO3. The predicted octanol–water partition coefficient (Wildman–Crippen LogP) is 5.69. The molecule has 32 heavy (non-hydrogen) atoms. The number of halogens is 4. The number of aromatic nitrogens is 2. The van der Waals surface area contributed by atoms with Crippen molar-refractivity contribution in [3.05, 3.63) is 53.5 Å². The second-order valence-corrected chi connectivity index (χ2v) is 8.87. The van der Waals surface area contributed by atoms with Crippen LogP contribution in [0.1, 0.15) is 49.8 Å². The van der Waals surface area contributed by atoms with Gasteiger partial charge in [0.15, 0.2) is 5.60 Å². The van der Waals surface area contributed by atoms with Crippen LogP contribution < -0.4 is 4.74 Å². The molecule has 5 rings (SSSR count).